The summed E-state index contributed by atoms with van der Waals surface area (Å²) in [6.07, 6.45) is 0. The molecule has 0 spiro atoms. The molecule has 0 radical (unpaired) electrons. The average Bonchev–Trinajstić information content (AvgIpc) is 2.65. The van der Waals surface area contributed by atoms with E-state index < -0.39 is 0 Å². The van der Waals surface area contributed by atoms with Crippen LogP contribution in [0.15, 0.2) is 48.5 Å². The summed E-state index contributed by atoms with van der Waals surface area (Å²) < 4.78 is 0. The number of fused-ring (bicyclic) bond motifs is 1. The lowest BCUT2D eigenvalue weighted by Gasteiger charge is -2.11. The van der Waals surface area contributed by atoms with Gasteiger partial charge in [0.05, 0.1) is 0 Å². The summed E-state index contributed by atoms with van der Waals surface area (Å²) >= 11 is 3.85. The molecule has 2 aromatic rings. The highest BCUT2D eigenvalue weighted by Crippen LogP contribution is 2.50. The fourth-order valence-electron chi connectivity index (χ4n) is 2.86. The van der Waals surface area contributed by atoms with Gasteiger partial charge >= 0.3 is 0 Å². The molecule has 3 rings (SSSR count). The zero-order valence-corrected chi connectivity index (χ0v) is 12.3. The fourth-order valence-corrected chi connectivity index (χ4v) is 3.71. The molecule has 0 nitrogen and oxygen atoms in total. The van der Waals surface area contributed by atoms with Crippen molar-refractivity contribution in [2.24, 2.45) is 5.92 Å². The molecular formula is C17H17Br. The van der Waals surface area contributed by atoms with E-state index in [1.807, 2.05) is 0 Å². The quantitative estimate of drug-likeness (QED) is 0.606. The first-order chi connectivity index (χ1) is 8.68. The molecule has 0 fully saturated rings. The van der Waals surface area contributed by atoms with Gasteiger partial charge in [-0.3, -0.25) is 0 Å². The van der Waals surface area contributed by atoms with Crippen molar-refractivity contribution in [2.75, 3.05) is 0 Å². The Balaban J connectivity index is 2.08. The molecule has 0 heterocycles. The van der Waals surface area contributed by atoms with E-state index in [1.54, 1.807) is 0 Å². The van der Waals surface area contributed by atoms with Crippen molar-refractivity contribution in [1.82, 2.24) is 0 Å². The summed E-state index contributed by atoms with van der Waals surface area (Å²) in [4.78, 5) is 0.492. The summed E-state index contributed by atoms with van der Waals surface area (Å²) in [6.45, 7) is 4.65. The second-order valence-corrected chi connectivity index (χ2v) is 6.25. The molecule has 2 aromatic carbocycles. The molecule has 0 saturated heterocycles. The Morgan fingerprint density at radius 1 is 0.833 bits per heavy atom. The van der Waals surface area contributed by atoms with Gasteiger partial charge in [0.1, 0.15) is 0 Å². The Morgan fingerprint density at radius 2 is 1.56 bits per heavy atom. The largest absolute Gasteiger partial charge is 0.0836 e. The molecule has 1 aliphatic rings. The third-order valence-corrected chi connectivity index (χ3v) is 5.56. The minimum atomic E-state index is 0.492. The van der Waals surface area contributed by atoms with Crippen molar-refractivity contribution in [2.45, 2.75) is 24.6 Å². The summed E-state index contributed by atoms with van der Waals surface area (Å²) in [6, 6.07) is 17.5. The lowest BCUT2D eigenvalue weighted by Crippen LogP contribution is -1.99. The van der Waals surface area contributed by atoms with E-state index in [4.69, 9.17) is 0 Å². The molecular weight excluding hydrogens is 284 g/mol. The van der Waals surface area contributed by atoms with E-state index in [0.29, 0.717) is 16.7 Å². The van der Waals surface area contributed by atoms with E-state index in [1.165, 1.54) is 22.3 Å². The Bertz CT molecular complexity index is 559. The molecule has 1 aliphatic carbocycles. The van der Waals surface area contributed by atoms with Gasteiger partial charge in [-0.25, -0.2) is 0 Å². The predicted molar refractivity (Wildman–Crippen MR) is 81.1 cm³/mol. The Morgan fingerprint density at radius 3 is 2.28 bits per heavy atom. The lowest BCUT2D eigenvalue weighted by molar-refractivity contribution is 0.528. The molecule has 18 heavy (non-hydrogen) atoms. The minimum absolute atomic E-state index is 0.492. The third-order valence-electron chi connectivity index (χ3n) is 4.23. The van der Waals surface area contributed by atoms with Crippen LogP contribution in [0.5, 0.6) is 0 Å². The first-order valence-corrected chi connectivity index (χ1v) is 7.43. The van der Waals surface area contributed by atoms with Crippen molar-refractivity contribution in [1.29, 1.82) is 0 Å². The molecule has 0 aliphatic heterocycles. The van der Waals surface area contributed by atoms with Crippen molar-refractivity contribution >= 4 is 15.9 Å². The Labute approximate surface area is 117 Å². The molecule has 1 heteroatoms. The topological polar surface area (TPSA) is 0 Å². The summed E-state index contributed by atoms with van der Waals surface area (Å²) in [5, 5.41) is 0. The number of benzene rings is 2. The first kappa shape index (κ1) is 12.0. The smallest absolute Gasteiger partial charge is 0.0429 e. The minimum Gasteiger partial charge on any atom is -0.0836 e. The normalized spacial score (nSPS) is 26.1. The zero-order valence-electron chi connectivity index (χ0n) is 10.7. The number of rotatable bonds is 1. The van der Waals surface area contributed by atoms with Gasteiger partial charge in [0.15, 0.2) is 0 Å². The van der Waals surface area contributed by atoms with E-state index in [9.17, 15) is 0 Å². The van der Waals surface area contributed by atoms with Gasteiger partial charge in [0.25, 0.3) is 0 Å². The molecule has 0 bridgehead atoms. The monoisotopic (exact) mass is 300 g/mol. The standard InChI is InChI=1S/C17H17Br/c1-11-12(2)17(18)16-10-14(8-9-15(11)16)13-6-4-3-5-7-13/h3-12,17H,1-2H3. The molecule has 0 amide bonds. The second kappa shape index (κ2) is 4.55. The van der Waals surface area contributed by atoms with Gasteiger partial charge < -0.3 is 0 Å². The van der Waals surface area contributed by atoms with Gasteiger partial charge in [0, 0.05) is 4.83 Å². The van der Waals surface area contributed by atoms with Crippen LogP contribution in [0.4, 0.5) is 0 Å². The third kappa shape index (κ3) is 1.81. The van der Waals surface area contributed by atoms with Crippen LogP contribution in [-0.2, 0) is 0 Å². The molecule has 0 N–H and O–H groups in total. The molecule has 3 unspecified atom stereocenters. The van der Waals surface area contributed by atoms with Crippen LogP contribution in [0.1, 0.15) is 35.7 Å². The highest BCUT2D eigenvalue weighted by molar-refractivity contribution is 9.09. The average molecular weight is 301 g/mol. The highest BCUT2D eigenvalue weighted by atomic mass is 79.9. The van der Waals surface area contributed by atoms with Crippen LogP contribution >= 0.6 is 15.9 Å². The van der Waals surface area contributed by atoms with Gasteiger partial charge in [-0.2, -0.15) is 0 Å². The van der Waals surface area contributed by atoms with Crippen LogP contribution in [0.3, 0.4) is 0 Å². The van der Waals surface area contributed by atoms with Crippen LogP contribution in [0.2, 0.25) is 0 Å². The lowest BCUT2D eigenvalue weighted by atomic mass is 9.95. The zero-order chi connectivity index (χ0) is 12.7. The van der Waals surface area contributed by atoms with Crippen molar-refractivity contribution in [3.63, 3.8) is 0 Å². The first-order valence-electron chi connectivity index (χ1n) is 6.52. The number of alkyl halides is 1. The predicted octanol–water partition coefficient (Wildman–Crippen LogP) is 5.54. The van der Waals surface area contributed by atoms with Crippen LogP contribution in [0.25, 0.3) is 11.1 Å². The molecule has 92 valence electrons. The number of hydrogen-bond donors (Lipinski definition) is 0. The van der Waals surface area contributed by atoms with Crippen molar-refractivity contribution in [3.8, 4) is 11.1 Å². The van der Waals surface area contributed by atoms with Gasteiger partial charge in [-0.15, -0.1) is 0 Å². The van der Waals surface area contributed by atoms with Gasteiger partial charge in [0.2, 0.25) is 0 Å². The summed E-state index contributed by atoms with van der Waals surface area (Å²) in [7, 11) is 0. The maximum atomic E-state index is 3.85. The maximum Gasteiger partial charge on any atom is 0.0429 e. The summed E-state index contributed by atoms with van der Waals surface area (Å²) in [5.74, 6) is 1.32. The Kier molecular flexibility index (Phi) is 3.03. The van der Waals surface area contributed by atoms with Gasteiger partial charge in [-0.1, -0.05) is 72.2 Å². The van der Waals surface area contributed by atoms with E-state index in [2.05, 4.69) is 78.3 Å². The second-order valence-electron chi connectivity index (χ2n) is 5.26. The summed E-state index contributed by atoms with van der Waals surface area (Å²) in [5.41, 5.74) is 5.59. The highest BCUT2D eigenvalue weighted by Gasteiger charge is 2.33. The van der Waals surface area contributed by atoms with E-state index in [-0.39, 0.29) is 0 Å². The number of hydrogen-bond acceptors (Lipinski definition) is 0. The van der Waals surface area contributed by atoms with Crippen molar-refractivity contribution in [3.05, 3.63) is 59.7 Å². The van der Waals surface area contributed by atoms with Crippen molar-refractivity contribution < 1.29 is 0 Å². The van der Waals surface area contributed by atoms with E-state index in [0.717, 1.165) is 0 Å². The SMILES string of the molecule is CC1c2ccc(-c3ccccc3)cc2C(Br)C1C. The van der Waals surface area contributed by atoms with Crippen LogP contribution < -0.4 is 0 Å². The van der Waals surface area contributed by atoms with E-state index >= 15 is 0 Å². The van der Waals surface area contributed by atoms with Crippen LogP contribution in [0, 0.1) is 5.92 Å². The number of halogens is 1. The fraction of sp³-hybridized carbons (Fsp3) is 0.294. The maximum absolute atomic E-state index is 3.85. The van der Waals surface area contributed by atoms with Crippen LogP contribution in [-0.4, -0.2) is 0 Å². The molecule has 3 atom stereocenters. The van der Waals surface area contributed by atoms with Gasteiger partial charge in [-0.05, 0) is 40.2 Å². The molecule has 0 aromatic heterocycles. The Hall–Kier alpha value is -1.08. The molecule has 0 saturated carbocycles.